The molecule has 26 heavy (non-hydrogen) atoms. The third kappa shape index (κ3) is 7.13. The Balaban J connectivity index is 0.00000338. The number of nitrogens with one attached hydrogen (secondary N) is 2. The first-order chi connectivity index (χ1) is 12.2. The highest BCUT2D eigenvalue weighted by molar-refractivity contribution is 6.03. The van der Waals surface area contributed by atoms with Gasteiger partial charge in [-0.1, -0.05) is 30.3 Å². The van der Waals surface area contributed by atoms with Gasteiger partial charge < -0.3 is 21.1 Å². The molecule has 0 aliphatic heterocycles. The molecule has 0 fully saturated rings. The van der Waals surface area contributed by atoms with Crippen LogP contribution in [0.15, 0.2) is 54.6 Å². The van der Waals surface area contributed by atoms with E-state index in [2.05, 4.69) is 10.6 Å². The van der Waals surface area contributed by atoms with Gasteiger partial charge in [-0.15, -0.1) is 12.4 Å². The molecule has 2 rings (SSSR count). The van der Waals surface area contributed by atoms with Gasteiger partial charge in [0.15, 0.2) is 0 Å². The Morgan fingerprint density at radius 2 is 1.69 bits per heavy atom. The molecular formula is C19H24ClN3O3. The molecule has 7 heteroatoms. The average Bonchev–Trinajstić information content (AvgIpc) is 2.64. The van der Waals surface area contributed by atoms with E-state index in [0.29, 0.717) is 43.8 Å². The van der Waals surface area contributed by atoms with Crippen LogP contribution in [0.25, 0.3) is 0 Å². The lowest BCUT2D eigenvalue weighted by molar-refractivity contribution is -0.116. The highest BCUT2D eigenvalue weighted by Gasteiger charge is 2.12. The highest BCUT2D eigenvalue weighted by atomic mass is 35.5. The molecule has 0 saturated carbocycles. The zero-order chi connectivity index (χ0) is 17.9. The van der Waals surface area contributed by atoms with Crippen molar-refractivity contribution in [2.75, 3.05) is 25.0 Å². The molecule has 2 aromatic rings. The second kappa shape index (κ2) is 11.9. The minimum Gasteiger partial charge on any atom is -0.494 e. The third-order valence-corrected chi connectivity index (χ3v) is 3.44. The first kappa shape index (κ1) is 21.5. The molecule has 140 valence electrons. The van der Waals surface area contributed by atoms with Crippen molar-refractivity contribution in [1.29, 1.82) is 0 Å². The number of ether oxygens (including phenoxy) is 1. The Morgan fingerprint density at radius 3 is 2.42 bits per heavy atom. The van der Waals surface area contributed by atoms with Gasteiger partial charge in [-0.2, -0.15) is 0 Å². The predicted octanol–water partition coefficient (Wildman–Crippen LogP) is 2.59. The predicted molar refractivity (Wildman–Crippen MR) is 105 cm³/mol. The SMILES string of the molecule is Cl.NCCNC(=O)c1ccccc1NC(=O)CCCOc1ccccc1. The van der Waals surface area contributed by atoms with Gasteiger partial charge in [0.05, 0.1) is 17.9 Å². The molecule has 0 bridgehead atoms. The van der Waals surface area contributed by atoms with Crippen molar-refractivity contribution in [2.45, 2.75) is 12.8 Å². The van der Waals surface area contributed by atoms with Gasteiger partial charge in [0.1, 0.15) is 5.75 Å². The maximum Gasteiger partial charge on any atom is 0.253 e. The van der Waals surface area contributed by atoms with Crippen LogP contribution < -0.4 is 21.1 Å². The fraction of sp³-hybridized carbons (Fsp3) is 0.263. The molecule has 2 aromatic carbocycles. The van der Waals surface area contributed by atoms with Gasteiger partial charge in [0, 0.05) is 19.5 Å². The minimum atomic E-state index is -0.256. The number of carbonyl (C=O) groups is 2. The number of nitrogens with two attached hydrogens (primary N) is 1. The van der Waals surface area contributed by atoms with E-state index in [4.69, 9.17) is 10.5 Å². The molecular weight excluding hydrogens is 354 g/mol. The maximum atomic E-state index is 12.1. The largest absolute Gasteiger partial charge is 0.494 e. The standard InChI is InChI=1S/C19H23N3O3.ClH/c20-12-13-21-19(24)16-9-4-5-10-17(16)22-18(23)11-6-14-25-15-7-2-1-3-8-15;/h1-5,7-10H,6,11-14,20H2,(H,21,24)(H,22,23);1H. The van der Waals surface area contributed by atoms with Gasteiger partial charge in [-0.25, -0.2) is 0 Å². The monoisotopic (exact) mass is 377 g/mol. The zero-order valence-corrected chi connectivity index (χ0v) is 15.3. The van der Waals surface area contributed by atoms with Crippen molar-refractivity contribution < 1.29 is 14.3 Å². The molecule has 0 atom stereocenters. The van der Waals surface area contributed by atoms with Crippen LogP contribution >= 0.6 is 12.4 Å². The Kier molecular flexibility index (Phi) is 9.82. The fourth-order valence-electron chi connectivity index (χ4n) is 2.22. The van der Waals surface area contributed by atoms with Crippen LogP contribution in [0, 0.1) is 0 Å². The molecule has 4 N–H and O–H groups in total. The summed E-state index contributed by atoms with van der Waals surface area (Å²) in [4.78, 5) is 24.2. The van der Waals surface area contributed by atoms with Crippen molar-refractivity contribution in [3.05, 3.63) is 60.2 Å². The van der Waals surface area contributed by atoms with Crippen LogP contribution in [0.2, 0.25) is 0 Å². The number of carbonyl (C=O) groups excluding carboxylic acids is 2. The summed E-state index contributed by atoms with van der Waals surface area (Å²) in [7, 11) is 0. The first-order valence-corrected chi connectivity index (χ1v) is 8.25. The normalized spacial score (nSPS) is 9.73. The Bertz CT molecular complexity index is 695. The van der Waals surface area contributed by atoms with E-state index >= 15 is 0 Å². The van der Waals surface area contributed by atoms with Gasteiger partial charge in [0.2, 0.25) is 5.91 Å². The van der Waals surface area contributed by atoms with Crippen LogP contribution in [-0.2, 0) is 4.79 Å². The summed E-state index contributed by atoms with van der Waals surface area (Å²) in [5.41, 5.74) is 6.30. The number of amides is 2. The topological polar surface area (TPSA) is 93.5 Å². The molecule has 0 unspecified atom stereocenters. The van der Waals surface area contributed by atoms with Crippen molar-refractivity contribution in [3.63, 3.8) is 0 Å². The number of rotatable bonds is 9. The molecule has 6 nitrogen and oxygen atoms in total. The van der Waals surface area contributed by atoms with E-state index < -0.39 is 0 Å². The Hall–Kier alpha value is -2.57. The zero-order valence-electron chi connectivity index (χ0n) is 14.4. The van der Waals surface area contributed by atoms with Crippen LogP contribution in [0.4, 0.5) is 5.69 Å². The summed E-state index contributed by atoms with van der Waals surface area (Å²) in [5, 5.41) is 5.48. The van der Waals surface area contributed by atoms with E-state index in [1.54, 1.807) is 24.3 Å². The number of hydrogen-bond donors (Lipinski definition) is 3. The third-order valence-electron chi connectivity index (χ3n) is 3.44. The summed E-state index contributed by atoms with van der Waals surface area (Å²) in [6.07, 6.45) is 0.897. The maximum absolute atomic E-state index is 12.1. The summed E-state index contributed by atoms with van der Waals surface area (Å²) in [6, 6.07) is 16.3. The Morgan fingerprint density at radius 1 is 1.00 bits per heavy atom. The van der Waals surface area contributed by atoms with Crippen molar-refractivity contribution in [3.8, 4) is 5.75 Å². The van der Waals surface area contributed by atoms with Crippen LogP contribution in [-0.4, -0.2) is 31.5 Å². The summed E-state index contributed by atoms with van der Waals surface area (Å²) < 4.78 is 5.56. The van der Waals surface area contributed by atoms with E-state index in [1.807, 2.05) is 30.3 Å². The molecule has 0 aliphatic rings. The molecule has 0 heterocycles. The second-order valence-electron chi connectivity index (χ2n) is 5.40. The van der Waals surface area contributed by atoms with Gasteiger partial charge in [-0.05, 0) is 30.7 Å². The van der Waals surface area contributed by atoms with E-state index in [1.165, 1.54) is 0 Å². The van der Waals surface area contributed by atoms with E-state index in [-0.39, 0.29) is 24.2 Å². The van der Waals surface area contributed by atoms with E-state index in [9.17, 15) is 9.59 Å². The van der Waals surface area contributed by atoms with Crippen LogP contribution in [0.1, 0.15) is 23.2 Å². The number of halogens is 1. The van der Waals surface area contributed by atoms with Crippen LogP contribution in [0.5, 0.6) is 5.75 Å². The fourth-order valence-corrected chi connectivity index (χ4v) is 2.22. The van der Waals surface area contributed by atoms with E-state index in [0.717, 1.165) is 5.75 Å². The minimum absolute atomic E-state index is 0. The number of para-hydroxylation sites is 2. The average molecular weight is 378 g/mol. The van der Waals surface area contributed by atoms with Gasteiger partial charge in [-0.3, -0.25) is 9.59 Å². The Labute approximate surface area is 159 Å². The van der Waals surface area contributed by atoms with Crippen molar-refractivity contribution in [2.24, 2.45) is 5.73 Å². The summed E-state index contributed by atoms with van der Waals surface area (Å²) in [6.45, 7) is 1.20. The molecule has 0 aliphatic carbocycles. The molecule has 0 aromatic heterocycles. The summed E-state index contributed by atoms with van der Waals surface area (Å²) >= 11 is 0. The second-order valence-corrected chi connectivity index (χ2v) is 5.40. The van der Waals surface area contributed by atoms with Gasteiger partial charge >= 0.3 is 0 Å². The summed E-state index contributed by atoms with van der Waals surface area (Å²) in [5.74, 6) is 0.370. The lowest BCUT2D eigenvalue weighted by Crippen LogP contribution is -2.30. The van der Waals surface area contributed by atoms with Crippen molar-refractivity contribution >= 4 is 29.9 Å². The number of anilines is 1. The number of benzene rings is 2. The molecule has 2 amide bonds. The molecule has 0 radical (unpaired) electrons. The van der Waals surface area contributed by atoms with Crippen LogP contribution in [0.3, 0.4) is 0 Å². The lowest BCUT2D eigenvalue weighted by atomic mass is 10.1. The quantitative estimate of drug-likeness (QED) is 0.585. The lowest BCUT2D eigenvalue weighted by Gasteiger charge is -2.11. The highest BCUT2D eigenvalue weighted by Crippen LogP contribution is 2.15. The van der Waals surface area contributed by atoms with Crippen molar-refractivity contribution in [1.82, 2.24) is 5.32 Å². The smallest absolute Gasteiger partial charge is 0.253 e. The molecule has 0 spiro atoms. The molecule has 0 saturated heterocycles. The number of hydrogen-bond acceptors (Lipinski definition) is 4. The first-order valence-electron chi connectivity index (χ1n) is 8.25. The van der Waals surface area contributed by atoms with Gasteiger partial charge in [0.25, 0.3) is 5.91 Å².